The fraction of sp³-hybridized carbons (Fsp3) is 0.115. The van der Waals surface area contributed by atoms with Crippen LogP contribution in [-0.4, -0.2) is 21.1 Å². The number of hydrogen-bond acceptors (Lipinski definition) is 4. The molecule has 3 aromatic carbocycles. The highest BCUT2D eigenvalue weighted by Gasteiger charge is 2.35. The third kappa shape index (κ3) is 4.13. The molecule has 0 radical (unpaired) electrons. The molecule has 5 rings (SSSR count). The van der Waals surface area contributed by atoms with E-state index >= 15 is 0 Å². The van der Waals surface area contributed by atoms with Gasteiger partial charge in [-0.25, -0.2) is 9.18 Å². The lowest BCUT2D eigenvalue weighted by atomic mass is 9.94. The molecule has 33 heavy (non-hydrogen) atoms. The van der Waals surface area contributed by atoms with E-state index < -0.39 is 6.04 Å². The van der Waals surface area contributed by atoms with Crippen LogP contribution in [0.3, 0.4) is 0 Å². The van der Waals surface area contributed by atoms with E-state index in [4.69, 9.17) is 4.52 Å². The summed E-state index contributed by atoms with van der Waals surface area (Å²) < 4.78 is 19.2. The molecule has 1 aliphatic rings. The molecule has 164 valence electrons. The number of rotatable bonds is 5. The van der Waals surface area contributed by atoms with Crippen molar-refractivity contribution in [2.75, 3.05) is 0 Å². The second kappa shape index (κ2) is 8.70. The quantitative estimate of drug-likeness (QED) is 0.440. The van der Waals surface area contributed by atoms with Gasteiger partial charge in [-0.3, -0.25) is 4.90 Å². The van der Waals surface area contributed by atoms with Gasteiger partial charge in [0.2, 0.25) is 5.82 Å². The van der Waals surface area contributed by atoms with Gasteiger partial charge in [-0.15, -0.1) is 0 Å². The van der Waals surface area contributed by atoms with E-state index in [2.05, 4.69) is 15.5 Å². The number of halogens is 1. The molecule has 1 N–H and O–H groups in total. The highest BCUT2D eigenvalue weighted by molar-refractivity contribution is 5.86. The summed E-state index contributed by atoms with van der Waals surface area (Å²) in [7, 11) is 0. The number of nitrogens with one attached hydrogen (secondary N) is 1. The van der Waals surface area contributed by atoms with Gasteiger partial charge in [-0.1, -0.05) is 78.0 Å². The first kappa shape index (κ1) is 20.6. The summed E-state index contributed by atoms with van der Waals surface area (Å²) in [6, 6.07) is 24.5. The smallest absolute Gasteiger partial charge is 0.322 e. The Morgan fingerprint density at radius 2 is 1.64 bits per heavy atom. The van der Waals surface area contributed by atoms with Crippen molar-refractivity contribution in [3.8, 4) is 11.4 Å². The predicted molar refractivity (Wildman–Crippen MR) is 122 cm³/mol. The molecule has 2 amide bonds. The molecule has 0 spiro atoms. The molecular formula is C26H21FN4O2. The summed E-state index contributed by atoms with van der Waals surface area (Å²) >= 11 is 0. The monoisotopic (exact) mass is 440 g/mol. The van der Waals surface area contributed by atoms with E-state index in [0.717, 1.165) is 16.7 Å². The Kier molecular flexibility index (Phi) is 5.44. The van der Waals surface area contributed by atoms with Gasteiger partial charge in [-0.2, -0.15) is 4.98 Å². The molecule has 7 heteroatoms. The fourth-order valence-corrected chi connectivity index (χ4v) is 3.96. The summed E-state index contributed by atoms with van der Waals surface area (Å²) in [6.45, 7) is 2.25. The number of benzene rings is 3. The fourth-order valence-electron chi connectivity index (χ4n) is 3.96. The molecule has 0 saturated heterocycles. The van der Waals surface area contributed by atoms with Crippen molar-refractivity contribution in [2.24, 2.45) is 0 Å². The second-order valence-corrected chi connectivity index (χ2v) is 7.79. The molecule has 1 aliphatic heterocycles. The summed E-state index contributed by atoms with van der Waals surface area (Å²) in [6.07, 6.45) is 0. The molecule has 1 atom stereocenters. The van der Waals surface area contributed by atoms with E-state index in [9.17, 15) is 9.18 Å². The first-order chi connectivity index (χ1) is 16.1. The van der Waals surface area contributed by atoms with Gasteiger partial charge in [0, 0.05) is 11.3 Å². The van der Waals surface area contributed by atoms with Crippen LogP contribution in [0, 0.1) is 5.82 Å². The summed E-state index contributed by atoms with van der Waals surface area (Å²) in [5.74, 6) is 0.409. The number of carbonyl (C=O) groups excluding carboxylic acids is 1. The number of amides is 2. The van der Waals surface area contributed by atoms with Crippen LogP contribution in [0.5, 0.6) is 0 Å². The standard InChI is InChI=1S/C26H21FN4O2/c1-17-22(25-29-24(30-33-25)20-10-6-3-7-11-20)23(19-12-14-21(27)15-13-19)28-26(32)31(17)16-18-8-4-2-5-9-18/h2-15,23H,16H2,1H3,(H,28,32). The van der Waals surface area contributed by atoms with Crippen LogP contribution in [0.15, 0.2) is 95.1 Å². The zero-order valence-corrected chi connectivity index (χ0v) is 17.9. The lowest BCUT2D eigenvalue weighted by Crippen LogP contribution is -2.45. The van der Waals surface area contributed by atoms with Crippen LogP contribution in [0.4, 0.5) is 9.18 Å². The minimum Gasteiger partial charge on any atom is -0.334 e. The number of aromatic nitrogens is 2. The average Bonchev–Trinajstić information content (AvgIpc) is 3.33. The van der Waals surface area contributed by atoms with Crippen LogP contribution in [0.25, 0.3) is 17.0 Å². The molecule has 6 nitrogen and oxygen atoms in total. The van der Waals surface area contributed by atoms with E-state index in [0.29, 0.717) is 29.5 Å². The van der Waals surface area contributed by atoms with Crippen LogP contribution in [0.2, 0.25) is 0 Å². The molecular weight excluding hydrogens is 419 g/mol. The normalized spacial score (nSPS) is 16.1. The Morgan fingerprint density at radius 3 is 2.33 bits per heavy atom. The van der Waals surface area contributed by atoms with E-state index in [1.165, 1.54) is 12.1 Å². The Bertz CT molecular complexity index is 1300. The van der Waals surface area contributed by atoms with Crippen LogP contribution < -0.4 is 5.32 Å². The summed E-state index contributed by atoms with van der Waals surface area (Å²) in [5, 5.41) is 7.18. The first-order valence-electron chi connectivity index (χ1n) is 10.6. The van der Waals surface area contributed by atoms with Gasteiger partial charge in [0.1, 0.15) is 5.82 Å². The van der Waals surface area contributed by atoms with Crippen LogP contribution in [0.1, 0.15) is 30.0 Å². The first-order valence-corrected chi connectivity index (χ1v) is 10.6. The minimum atomic E-state index is -0.561. The molecule has 0 aliphatic carbocycles. The van der Waals surface area contributed by atoms with Crippen LogP contribution in [-0.2, 0) is 6.54 Å². The van der Waals surface area contributed by atoms with Gasteiger partial charge in [0.15, 0.2) is 0 Å². The number of allylic oxidation sites excluding steroid dienone is 1. The Labute approximate surface area is 190 Å². The molecule has 1 aromatic heterocycles. The largest absolute Gasteiger partial charge is 0.334 e. The highest BCUT2D eigenvalue weighted by atomic mass is 19.1. The van der Waals surface area contributed by atoms with E-state index in [-0.39, 0.29) is 11.8 Å². The number of hydrogen-bond donors (Lipinski definition) is 1. The predicted octanol–water partition coefficient (Wildman–Crippen LogP) is 5.57. The number of urea groups is 1. The zero-order valence-electron chi connectivity index (χ0n) is 17.9. The summed E-state index contributed by atoms with van der Waals surface area (Å²) in [5.41, 5.74) is 3.90. The number of nitrogens with zero attached hydrogens (tertiary/aromatic N) is 3. The molecule has 0 fully saturated rings. The lowest BCUT2D eigenvalue weighted by Gasteiger charge is -2.35. The molecule has 0 bridgehead atoms. The Morgan fingerprint density at radius 1 is 0.970 bits per heavy atom. The van der Waals surface area contributed by atoms with Gasteiger partial charge in [-0.05, 0) is 30.2 Å². The van der Waals surface area contributed by atoms with Gasteiger partial charge in [0.05, 0.1) is 18.2 Å². The third-order valence-electron chi connectivity index (χ3n) is 5.67. The van der Waals surface area contributed by atoms with Crippen molar-refractivity contribution in [2.45, 2.75) is 19.5 Å². The molecule has 4 aromatic rings. The van der Waals surface area contributed by atoms with Crippen molar-refractivity contribution < 1.29 is 13.7 Å². The van der Waals surface area contributed by atoms with E-state index in [1.54, 1.807) is 17.0 Å². The van der Waals surface area contributed by atoms with Crippen molar-refractivity contribution in [1.82, 2.24) is 20.4 Å². The topological polar surface area (TPSA) is 71.3 Å². The van der Waals surface area contributed by atoms with Gasteiger partial charge >= 0.3 is 6.03 Å². The maximum atomic E-state index is 13.6. The van der Waals surface area contributed by atoms with Crippen molar-refractivity contribution in [1.29, 1.82) is 0 Å². The number of carbonyl (C=O) groups is 1. The lowest BCUT2D eigenvalue weighted by molar-refractivity contribution is 0.203. The SMILES string of the molecule is CC1=C(c2nc(-c3ccccc3)no2)C(c2ccc(F)cc2)NC(=O)N1Cc1ccccc1. The molecule has 0 saturated carbocycles. The zero-order chi connectivity index (χ0) is 22.8. The Balaban J connectivity index is 1.60. The minimum absolute atomic E-state index is 0.253. The maximum Gasteiger partial charge on any atom is 0.322 e. The highest BCUT2D eigenvalue weighted by Crippen LogP contribution is 2.37. The van der Waals surface area contributed by atoms with Gasteiger partial charge in [0.25, 0.3) is 5.89 Å². The van der Waals surface area contributed by atoms with Crippen molar-refractivity contribution >= 4 is 11.6 Å². The van der Waals surface area contributed by atoms with Gasteiger partial charge < -0.3 is 9.84 Å². The molecule has 2 heterocycles. The van der Waals surface area contributed by atoms with Crippen molar-refractivity contribution in [3.63, 3.8) is 0 Å². The molecule has 1 unspecified atom stereocenters. The Hall–Kier alpha value is -4.26. The van der Waals surface area contributed by atoms with Crippen LogP contribution >= 0.6 is 0 Å². The van der Waals surface area contributed by atoms with E-state index in [1.807, 2.05) is 67.6 Å². The second-order valence-electron chi connectivity index (χ2n) is 7.79. The van der Waals surface area contributed by atoms with Crippen molar-refractivity contribution in [3.05, 3.63) is 113 Å². The average molecular weight is 440 g/mol. The summed E-state index contributed by atoms with van der Waals surface area (Å²) in [4.78, 5) is 19.4. The third-order valence-corrected chi connectivity index (χ3v) is 5.67. The maximum absolute atomic E-state index is 13.6.